The molecule has 0 saturated carbocycles. The molecule has 0 amide bonds. The van der Waals surface area contributed by atoms with Crippen molar-refractivity contribution >= 4 is 23.8 Å². The summed E-state index contributed by atoms with van der Waals surface area (Å²) in [6, 6.07) is 7.65. The first kappa shape index (κ1) is 11.7. The van der Waals surface area contributed by atoms with Gasteiger partial charge in [-0.1, -0.05) is 12.1 Å². The summed E-state index contributed by atoms with van der Waals surface area (Å²) in [6.07, 6.45) is 3.62. The summed E-state index contributed by atoms with van der Waals surface area (Å²) in [5.74, 6) is 1.91. The first-order chi connectivity index (χ1) is 8.31. The maximum Gasteiger partial charge on any atom is 0.240 e. The molecular weight excluding hydrogens is 240 g/mol. The van der Waals surface area contributed by atoms with Gasteiger partial charge in [0.05, 0.1) is 7.11 Å². The Morgan fingerprint density at radius 3 is 2.59 bits per heavy atom. The minimum atomic E-state index is 0.226. The van der Waals surface area contributed by atoms with Gasteiger partial charge >= 0.3 is 0 Å². The number of aromatic nitrogens is 2. The lowest BCUT2D eigenvalue weighted by Crippen LogP contribution is -1.81. The molecule has 2 aromatic rings. The number of alkyl halides is 1. The third kappa shape index (κ3) is 3.07. The van der Waals surface area contributed by atoms with Crippen LogP contribution < -0.4 is 4.74 Å². The molecule has 0 atom stereocenters. The van der Waals surface area contributed by atoms with Crippen molar-refractivity contribution in [1.29, 1.82) is 0 Å². The summed E-state index contributed by atoms with van der Waals surface area (Å²) in [5, 5.41) is 7.58. The van der Waals surface area contributed by atoms with Crippen molar-refractivity contribution in [2.75, 3.05) is 7.11 Å². The lowest BCUT2D eigenvalue weighted by molar-refractivity contribution is 0.415. The van der Waals surface area contributed by atoms with Crippen molar-refractivity contribution in [1.82, 2.24) is 10.2 Å². The van der Waals surface area contributed by atoms with Gasteiger partial charge in [-0.3, -0.25) is 0 Å². The zero-order valence-electron chi connectivity index (χ0n) is 9.26. The molecule has 0 N–H and O–H groups in total. The van der Waals surface area contributed by atoms with Gasteiger partial charge in [0.1, 0.15) is 11.6 Å². The van der Waals surface area contributed by atoms with E-state index in [-0.39, 0.29) is 5.88 Å². The Balaban J connectivity index is 2.08. The lowest BCUT2D eigenvalue weighted by atomic mass is 10.2. The van der Waals surface area contributed by atoms with E-state index in [4.69, 9.17) is 20.8 Å². The number of hydrogen-bond acceptors (Lipinski definition) is 4. The number of benzene rings is 1. The fourth-order valence-corrected chi connectivity index (χ4v) is 1.38. The van der Waals surface area contributed by atoms with Gasteiger partial charge in [0, 0.05) is 6.08 Å². The highest BCUT2D eigenvalue weighted by molar-refractivity contribution is 6.16. The second-order valence-electron chi connectivity index (χ2n) is 3.27. The van der Waals surface area contributed by atoms with Crippen molar-refractivity contribution in [3.63, 3.8) is 0 Å². The monoisotopic (exact) mass is 250 g/mol. The summed E-state index contributed by atoms with van der Waals surface area (Å²) in [7, 11) is 1.64. The normalized spacial score (nSPS) is 10.9. The summed E-state index contributed by atoms with van der Waals surface area (Å²) in [5.41, 5.74) is 1.02. The molecule has 1 aromatic carbocycles. The topological polar surface area (TPSA) is 48.2 Å². The van der Waals surface area contributed by atoms with E-state index in [9.17, 15) is 0 Å². The van der Waals surface area contributed by atoms with Gasteiger partial charge in [-0.2, -0.15) is 0 Å². The number of rotatable bonds is 4. The van der Waals surface area contributed by atoms with E-state index in [1.165, 1.54) is 0 Å². The molecule has 4 nitrogen and oxygen atoms in total. The zero-order chi connectivity index (χ0) is 12.1. The molecular formula is C12H11ClN2O2. The molecule has 0 radical (unpaired) electrons. The molecule has 5 heteroatoms. The van der Waals surface area contributed by atoms with E-state index in [0.717, 1.165) is 11.3 Å². The van der Waals surface area contributed by atoms with Gasteiger partial charge < -0.3 is 9.15 Å². The number of hydrogen-bond donors (Lipinski definition) is 0. The van der Waals surface area contributed by atoms with Crippen LogP contribution >= 0.6 is 11.6 Å². The van der Waals surface area contributed by atoms with E-state index < -0.39 is 0 Å². The van der Waals surface area contributed by atoms with Crippen LogP contribution in [0.3, 0.4) is 0 Å². The van der Waals surface area contributed by atoms with E-state index in [2.05, 4.69) is 10.2 Å². The Morgan fingerprint density at radius 1 is 1.24 bits per heavy atom. The Morgan fingerprint density at radius 2 is 2.00 bits per heavy atom. The van der Waals surface area contributed by atoms with E-state index in [0.29, 0.717) is 11.8 Å². The summed E-state index contributed by atoms with van der Waals surface area (Å²) in [4.78, 5) is 0. The highest BCUT2D eigenvalue weighted by atomic mass is 35.5. The molecule has 0 fully saturated rings. The standard InChI is InChI=1S/C12H11ClN2O2/c1-16-10-5-2-9(3-6-10)4-7-11-14-15-12(8-13)17-11/h2-7H,8H2,1H3/b7-4+. The smallest absolute Gasteiger partial charge is 0.240 e. The van der Waals surface area contributed by atoms with Crippen molar-refractivity contribution < 1.29 is 9.15 Å². The maximum atomic E-state index is 5.56. The highest BCUT2D eigenvalue weighted by Gasteiger charge is 2.00. The molecule has 0 aliphatic heterocycles. The van der Waals surface area contributed by atoms with Crippen LogP contribution in [0.15, 0.2) is 28.7 Å². The predicted molar refractivity (Wildman–Crippen MR) is 65.8 cm³/mol. The number of halogens is 1. The van der Waals surface area contributed by atoms with Crippen LogP contribution in [0.4, 0.5) is 0 Å². The first-order valence-corrected chi connectivity index (χ1v) is 5.56. The minimum Gasteiger partial charge on any atom is -0.497 e. The molecule has 0 aliphatic rings. The largest absolute Gasteiger partial charge is 0.497 e. The van der Waals surface area contributed by atoms with E-state index in [1.807, 2.05) is 30.3 Å². The minimum absolute atomic E-state index is 0.226. The summed E-state index contributed by atoms with van der Waals surface area (Å²) in [6.45, 7) is 0. The molecule has 0 unspecified atom stereocenters. The summed E-state index contributed by atoms with van der Waals surface area (Å²) >= 11 is 5.56. The quantitative estimate of drug-likeness (QED) is 0.783. The molecule has 17 heavy (non-hydrogen) atoms. The second kappa shape index (κ2) is 5.50. The third-order valence-electron chi connectivity index (χ3n) is 2.13. The fraction of sp³-hybridized carbons (Fsp3) is 0.167. The van der Waals surface area contributed by atoms with Crippen LogP contribution in [0, 0.1) is 0 Å². The Kier molecular flexibility index (Phi) is 3.77. The molecule has 88 valence electrons. The van der Waals surface area contributed by atoms with Crippen molar-refractivity contribution in [2.24, 2.45) is 0 Å². The third-order valence-corrected chi connectivity index (χ3v) is 2.36. The van der Waals surface area contributed by atoms with Gasteiger partial charge in [0.2, 0.25) is 11.8 Å². The van der Waals surface area contributed by atoms with Gasteiger partial charge in [-0.15, -0.1) is 21.8 Å². The number of nitrogens with zero attached hydrogens (tertiary/aromatic N) is 2. The van der Waals surface area contributed by atoms with Gasteiger partial charge in [0.25, 0.3) is 0 Å². The van der Waals surface area contributed by atoms with Crippen LogP contribution in [-0.4, -0.2) is 17.3 Å². The average Bonchev–Trinajstić information content (AvgIpc) is 2.85. The zero-order valence-corrected chi connectivity index (χ0v) is 10.0. The van der Waals surface area contributed by atoms with Crippen molar-refractivity contribution in [3.05, 3.63) is 41.6 Å². The van der Waals surface area contributed by atoms with Crippen LogP contribution in [0.1, 0.15) is 17.3 Å². The fourth-order valence-electron chi connectivity index (χ4n) is 1.27. The average molecular weight is 251 g/mol. The number of ether oxygens (including phenoxy) is 1. The summed E-state index contributed by atoms with van der Waals surface area (Å²) < 4.78 is 10.3. The molecule has 0 aliphatic carbocycles. The number of methoxy groups -OCH3 is 1. The van der Waals surface area contributed by atoms with Crippen LogP contribution in [-0.2, 0) is 5.88 Å². The maximum absolute atomic E-state index is 5.56. The first-order valence-electron chi connectivity index (χ1n) is 5.02. The Labute approximate surface area is 104 Å². The molecule has 2 rings (SSSR count). The van der Waals surface area contributed by atoms with E-state index >= 15 is 0 Å². The molecule has 1 heterocycles. The highest BCUT2D eigenvalue weighted by Crippen LogP contribution is 2.13. The SMILES string of the molecule is COc1ccc(/C=C/c2nnc(CCl)o2)cc1. The second-order valence-corrected chi connectivity index (χ2v) is 3.54. The lowest BCUT2D eigenvalue weighted by Gasteiger charge is -1.98. The Bertz CT molecular complexity index is 505. The molecule has 0 saturated heterocycles. The van der Waals surface area contributed by atoms with Crippen LogP contribution in [0.2, 0.25) is 0 Å². The van der Waals surface area contributed by atoms with Crippen LogP contribution in [0.5, 0.6) is 5.75 Å². The van der Waals surface area contributed by atoms with Gasteiger partial charge in [0.15, 0.2) is 0 Å². The van der Waals surface area contributed by atoms with Crippen LogP contribution in [0.25, 0.3) is 12.2 Å². The molecule has 1 aromatic heterocycles. The van der Waals surface area contributed by atoms with Gasteiger partial charge in [-0.05, 0) is 23.8 Å². The van der Waals surface area contributed by atoms with E-state index in [1.54, 1.807) is 13.2 Å². The van der Waals surface area contributed by atoms with Crippen molar-refractivity contribution in [2.45, 2.75) is 5.88 Å². The predicted octanol–water partition coefficient (Wildman–Crippen LogP) is 2.99. The molecule has 0 spiro atoms. The Hall–Kier alpha value is -1.81. The van der Waals surface area contributed by atoms with Gasteiger partial charge in [-0.25, -0.2) is 0 Å². The molecule has 0 bridgehead atoms. The van der Waals surface area contributed by atoms with Crippen molar-refractivity contribution in [3.8, 4) is 5.75 Å².